The first kappa shape index (κ1) is 15.7. The molecule has 1 fully saturated rings. The number of hydrogen-bond donors (Lipinski definition) is 1. The lowest BCUT2D eigenvalue weighted by molar-refractivity contribution is -0.174. The molecule has 18 heavy (non-hydrogen) atoms. The molecule has 0 aliphatic carbocycles. The molecule has 0 spiro atoms. The normalized spacial score (nSPS) is 19.3. The van der Waals surface area contributed by atoms with Crippen LogP contribution in [0.5, 0.6) is 0 Å². The highest BCUT2D eigenvalue weighted by atomic mass is 19.4. The van der Waals surface area contributed by atoms with Crippen LogP contribution in [0.2, 0.25) is 0 Å². The van der Waals surface area contributed by atoms with Gasteiger partial charge < -0.3 is 14.7 Å². The van der Waals surface area contributed by atoms with Gasteiger partial charge in [0.25, 0.3) is 0 Å². The second-order valence-electron chi connectivity index (χ2n) is 4.43. The summed E-state index contributed by atoms with van der Waals surface area (Å²) in [6, 6.07) is 0. The Labute approximate surface area is 105 Å². The van der Waals surface area contributed by atoms with Crippen LogP contribution in [-0.2, 0) is 4.74 Å². The van der Waals surface area contributed by atoms with Crippen molar-refractivity contribution in [2.45, 2.75) is 12.6 Å². The summed E-state index contributed by atoms with van der Waals surface area (Å²) < 4.78 is 39.9. The summed E-state index contributed by atoms with van der Waals surface area (Å²) >= 11 is 0. The Balaban J connectivity index is 1.98. The van der Waals surface area contributed by atoms with Gasteiger partial charge in [0, 0.05) is 45.9 Å². The van der Waals surface area contributed by atoms with Crippen LogP contribution >= 0.6 is 0 Å². The molecule has 0 unspecified atom stereocenters. The molecule has 0 bridgehead atoms. The summed E-state index contributed by atoms with van der Waals surface area (Å²) in [5, 5.41) is 8.79. The van der Waals surface area contributed by atoms with Crippen molar-refractivity contribution in [1.82, 2.24) is 9.80 Å². The Morgan fingerprint density at radius 3 is 2.06 bits per heavy atom. The van der Waals surface area contributed by atoms with Crippen molar-refractivity contribution in [3.63, 3.8) is 0 Å². The minimum absolute atomic E-state index is 0.149. The van der Waals surface area contributed by atoms with Gasteiger partial charge >= 0.3 is 6.18 Å². The topological polar surface area (TPSA) is 35.9 Å². The third-order valence-electron chi connectivity index (χ3n) is 2.91. The van der Waals surface area contributed by atoms with Crippen LogP contribution in [0.3, 0.4) is 0 Å². The highest BCUT2D eigenvalue weighted by molar-refractivity contribution is 4.71. The monoisotopic (exact) mass is 270 g/mol. The molecule has 0 atom stereocenters. The highest BCUT2D eigenvalue weighted by Gasteiger charge is 2.27. The number of alkyl halides is 3. The maximum Gasteiger partial charge on any atom is 0.411 e. The Hall–Kier alpha value is -0.370. The largest absolute Gasteiger partial charge is 0.411 e. The number of β-amino-alcohol motifs (C(OH)–C–C–N with tert-alkyl or cyclic N) is 1. The van der Waals surface area contributed by atoms with E-state index >= 15 is 0 Å². The van der Waals surface area contributed by atoms with Crippen LogP contribution in [0, 0.1) is 0 Å². The lowest BCUT2D eigenvalue weighted by atomic mass is 10.3. The summed E-state index contributed by atoms with van der Waals surface area (Å²) in [5.41, 5.74) is 0. The van der Waals surface area contributed by atoms with Crippen LogP contribution in [0.15, 0.2) is 0 Å². The fourth-order valence-corrected chi connectivity index (χ4v) is 1.96. The van der Waals surface area contributed by atoms with Gasteiger partial charge in [0.2, 0.25) is 0 Å². The fourth-order valence-electron chi connectivity index (χ4n) is 1.96. The summed E-state index contributed by atoms with van der Waals surface area (Å²) in [4.78, 5) is 4.39. The minimum atomic E-state index is -4.23. The van der Waals surface area contributed by atoms with Gasteiger partial charge in [-0.1, -0.05) is 0 Å². The van der Waals surface area contributed by atoms with E-state index in [0.717, 1.165) is 32.7 Å². The maximum atomic E-state index is 11.8. The van der Waals surface area contributed by atoms with Crippen molar-refractivity contribution in [3.8, 4) is 0 Å². The molecule has 108 valence electrons. The number of aliphatic hydroxyl groups excluding tert-OH is 1. The number of nitrogens with zero attached hydrogens (tertiary/aromatic N) is 2. The number of aliphatic hydroxyl groups is 1. The second kappa shape index (κ2) is 7.93. The first-order valence-electron chi connectivity index (χ1n) is 6.21. The quantitative estimate of drug-likeness (QED) is 0.686. The molecule has 0 aromatic rings. The molecule has 0 radical (unpaired) electrons. The van der Waals surface area contributed by atoms with E-state index in [1.165, 1.54) is 0 Å². The molecule has 1 heterocycles. The van der Waals surface area contributed by atoms with E-state index in [0.29, 0.717) is 13.0 Å². The Morgan fingerprint density at radius 1 is 1.00 bits per heavy atom. The van der Waals surface area contributed by atoms with E-state index in [1.807, 2.05) is 0 Å². The molecule has 1 aliphatic rings. The van der Waals surface area contributed by atoms with Gasteiger partial charge in [-0.2, -0.15) is 13.2 Å². The Kier molecular flexibility index (Phi) is 6.91. The van der Waals surface area contributed by atoms with Crippen LogP contribution in [0.4, 0.5) is 13.2 Å². The molecule has 1 saturated heterocycles. The number of rotatable bonds is 7. The summed E-state index contributed by atoms with van der Waals surface area (Å²) in [6.07, 6.45) is -3.61. The first-order valence-corrected chi connectivity index (χ1v) is 6.21. The smallest absolute Gasteiger partial charge is 0.395 e. The summed E-state index contributed by atoms with van der Waals surface area (Å²) in [6.45, 7) is 4.25. The zero-order valence-electron chi connectivity index (χ0n) is 10.5. The van der Waals surface area contributed by atoms with Crippen molar-refractivity contribution in [3.05, 3.63) is 0 Å². The third kappa shape index (κ3) is 7.15. The van der Waals surface area contributed by atoms with Gasteiger partial charge in [0.15, 0.2) is 0 Å². The van der Waals surface area contributed by atoms with Gasteiger partial charge in [-0.3, -0.25) is 4.90 Å². The fraction of sp³-hybridized carbons (Fsp3) is 1.00. The molecule has 4 nitrogen and oxygen atoms in total. The molecule has 1 N–H and O–H groups in total. The number of hydrogen-bond acceptors (Lipinski definition) is 4. The van der Waals surface area contributed by atoms with E-state index in [4.69, 9.17) is 5.11 Å². The van der Waals surface area contributed by atoms with E-state index < -0.39 is 12.8 Å². The molecular weight excluding hydrogens is 249 g/mol. The van der Waals surface area contributed by atoms with Crippen molar-refractivity contribution >= 4 is 0 Å². The highest BCUT2D eigenvalue weighted by Crippen LogP contribution is 2.14. The molecular formula is C11H21F3N2O2. The predicted octanol–water partition coefficient (Wildman–Crippen LogP) is 0.565. The van der Waals surface area contributed by atoms with Crippen molar-refractivity contribution in [2.24, 2.45) is 0 Å². The number of piperazine rings is 1. The standard InChI is InChI=1S/C11H21F3N2O2/c12-11(13,14)10-18-9-1-2-15-3-5-16(6-4-15)7-8-17/h17H,1-10H2. The van der Waals surface area contributed by atoms with E-state index in [-0.39, 0.29) is 13.2 Å². The van der Waals surface area contributed by atoms with Crippen LogP contribution in [-0.4, -0.2) is 80.2 Å². The number of ether oxygens (including phenoxy) is 1. The van der Waals surface area contributed by atoms with Crippen LogP contribution < -0.4 is 0 Å². The molecule has 0 saturated carbocycles. The molecule has 0 aromatic heterocycles. The lowest BCUT2D eigenvalue weighted by Gasteiger charge is -2.34. The second-order valence-corrected chi connectivity index (χ2v) is 4.43. The molecule has 1 rings (SSSR count). The SMILES string of the molecule is OCCN1CCN(CCCOCC(F)(F)F)CC1. The zero-order valence-corrected chi connectivity index (χ0v) is 10.5. The molecule has 1 aliphatic heterocycles. The first-order chi connectivity index (χ1) is 8.51. The molecule has 0 amide bonds. The van der Waals surface area contributed by atoms with E-state index in [9.17, 15) is 13.2 Å². The average Bonchev–Trinajstić information content (AvgIpc) is 2.30. The van der Waals surface area contributed by atoms with Crippen LogP contribution in [0.25, 0.3) is 0 Å². The van der Waals surface area contributed by atoms with Gasteiger partial charge in [-0.15, -0.1) is 0 Å². The Morgan fingerprint density at radius 2 is 1.56 bits per heavy atom. The van der Waals surface area contributed by atoms with Crippen molar-refractivity contribution in [2.75, 3.05) is 59.1 Å². The Bertz CT molecular complexity index is 219. The van der Waals surface area contributed by atoms with Gasteiger partial charge in [-0.05, 0) is 6.42 Å². The molecule has 7 heteroatoms. The minimum Gasteiger partial charge on any atom is -0.395 e. The third-order valence-corrected chi connectivity index (χ3v) is 2.91. The summed E-state index contributed by atoms with van der Waals surface area (Å²) in [5.74, 6) is 0. The predicted molar refractivity (Wildman–Crippen MR) is 61.5 cm³/mol. The summed E-state index contributed by atoms with van der Waals surface area (Å²) in [7, 11) is 0. The van der Waals surface area contributed by atoms with E-state index in [2.05, 4.69) is 14.5 Å². The van der Waals surface area contributed by atoms with Gasteiger partial charge in [-0.25, -0.2) is 0 Å². The van der Waals surface area contributed by atoms with E-state index in [1.54, 1.807) is 0 Å². The number of halogens is 3. The van der Waals surface area contributed by atoms with Gasteiger partial charge in [0.05, 0.1) is 6.61 Å². The average molecular weight is 270 g/mol. The van der Waals surface area contributed by atoms with Crippen LogP contribution in [0.1, 0.15) is 6.42 Å². The maximum absolute atomic E-state index is 11.8. The van der Waals surface area contributed by atoms with Gasteiger partial charge in [0.1, 0.15) is 6.61 Å². The molecule has 0 aromatic carbocycles. The lowest BCUT2D eigenvalue weighted by Crippen LogP contribution is -2.47. The van der Waals surface area contributed by atoms with Crippen molar-refractivity contribution < 1.29 is 23.0 Å². The zero-order chi connectivity index (χ0) is 13.4. The van der Waals surface area contributed by atoms with Crippen molar-refractivity contribution in [1.29, 1.82) is 0 Å².